The van der Waals surface area contributed by atoms with E-state index in [2.05, 4.69) is 26.8 Å². The van der Waals surface area contributed by atoms with Crippen molar-refractivity contribution in [2.24, 2.45) is 5.41 Å². The first-order chi connectivity index (χ1) is 6.95. The van der Waals surface area contributed by atoms with Crippen LogP contribution in [-0.4, -0.2) is 23.9 Å². The molecule has 0 saturated heterocycles. The molecule has 0 unspecified atom stereocenters. The highest BCUT2D eigenvalue weighted by molar-refractivity contribution is 5.87. The second-order valence-corrected chi connectivity index (χ2v) is 5.01. The highest BCUT2D eigenvalue weighted by Crippen LogP contribution is 2.29. The molecule has 0 spiro atoms. The third-order valence-corrected chi connectivity index (χ3v) is 2.79. The summed E-state index contributed by atoms with van der Waals surface area (Å²) in [5.74, 6) is 0.127. The number of rotatable bonds is 1. The first kappa shape index (κ1) is 12.0. The molecule has 1 aliphatic heterocycles. The summed E-state index contributed by atoms with van der Waals surface area (Å²) in [7, 11) is 0. The van der Waals surface area contributed by atoms with E-state index in [9.17, 15) is 4.79 Å². The van der Waals surface area contributed by atoms with Gasteiger partial charge in [-0.15, -0.1) is 0 Å². The summed E-state index contributed by atoms with van der Waals surface area (Å²) < 4.78 is 0. The fourth-order valence-corrected chi connectivity index (χ4v) is 1.80. The molecule has 1 amide bonds. The van der Waals surface area contributed by atoms with Gasteiger partial charge in [-0.25, -0.2) is 0 Å². The van der Waals surface area contributed by atoms with Gasteiger partial charge in [-0.3, -0.25) is 4.79 Å². The molecule has 0 saturated carbocycles. The highest BCUT2D eigenvalue weighted by Gasteiger charge is 2.22. The van der Waals surface area contributed by atoms with Crippen LogP contribution in [0, 0.1) is 5.41 Å². The molecule has 0 fully saturated rings. The molecule has 0 N–H and O–H groups in total. The summed E-state index contributed by atoms with van der Waals surface area (Å²) in [5, 5.41) is 0. The van der Waals surface area contributed by atoms with Crippen molar-refractivity contribution in [3.8, 4) is 0 Å². The van der Waals surface area contributed by atoms with Crippen LogP contribution < -0.4 is 0 Å². The van der Waals surface area contributed by atoms with Crippen molar-refractivity contribution in [2.45, 2.75) is 34.1 Å². The Morgan fingerprint density at radius 1 is 1.47 bits per heavy atom. The SMILES string of the molecule is C/C=C/C(=O)N1CC=C(C(C)(C)C)CC1. The van der Waals surface area contributed by atoms with Gasteiger partial charge in [0.2, 0.25) is 5.91 Å². The van der Waals surface area contributed by atoms with E-state index in [4.69, 9.17) is 0 Å². The fraction of sp³-hybridized carbons (Fsp3) is 0.615. The minimum absolute atomic E-state index is 0.127. The van der Waals surface area contributed by atoms with E-state index in [0.29, 0.717) is 0 Å². The third-order valence-electron chi connectivity index (χ3n) is 2.79. The average molecular weight is 207 g/mol. The molecule has 84 valence electrons. The van der Waals surface area contributed by atoms with Crippen molar-refractivity contribution in [3.63, 3.8) is 0 Å². The van der Waals surface area contributed by atoms with Gasteiger partial charge in [0.15, 0.2) is 0 Å². The Morgan fingerprint density at radius 2 is 2.13 bits per heavy atom. The van der Waals surface area contributed by atoms with Crippen LogP contribution in [-0.2, 0) is 4.79 Å². The maximum Gasteiger partial charge on any atom is 0.246 e. The summed E-state index contributed by atoms with van der Waals surface area (Å²) in [6, 6.07) is 0. The monoisotopic (exact) mass is 207 g/mol. The number of carbonyl (C=O) groups excluding carboxylic acids is 1. The standard InChI is InChI=1S/C13H21NO/c1-5-6-12(15)14-9-7-11(8-10-14)13(2,3)4/h5-7H,8-10H2,1-4H3/b6-5+. The zero-order chi connectivity index (χ0) is 11.5. The Hall–Kier alpha value is -1.05. The maximum absolute atomic E-state index is 11.6. The zero-order valence-electron chi connectivity index (χ0n) is 10.2. The lowest BCUT2D eigenvalue weighted by atomic mass is 9.83. The van der Waals surface area contributed by atoms with Gasteiger partial charge in [-0.05, 0) is 24.8 Å². The van der Waals surface area contributed by atoms with Crippen molar-refractivity contribution in [3.05, 3.63) is 23.8 Å². The molecule has 1 rings (SSSR count). The van der Waals surface area contributed by atoms with Gasteiger partial charge in [-0.2, -0.15) is 0 Å². The van der Waals surface area contributed by atoms with Crippen LogP contribution in [0.2, 0.25) is 0 Å². The van der Waals surface area contributed by atoms with Crippen molar-refractivity contribution in [1.82, 2.24) is 4.90 Å². The molecule has 2 nitrogen and oxygen atoms in total. The number of nitrogens with zero attached hydrogens (tertiary/aromatic N) is 1. The van der Waals surface area contributed by atoms with Gasteiger partial charge in [0.05, 0.1) is 0 Å². The number of hydrogen-bond acceptors (Lipinski definition) is 1. The summed E-state index contributed by atoms with van der Waals surface area (Å²) in [4.78, 5) is 13.4. The molecule has 2 heteroatoms. The second kappa shape index (κ2) is 4.65. The molecular formula is C13H21NO. The number of hydrogen-bond donors (Lipinski definition) is 0. The Kier molecular flexibility index (Phi) is 3.72. The largest absolute Gasteiger partial charge is 0.335 e. The molecule has 15 heavy (non-hydrogen) atoms. The van der Waals surface area contributed by atoms with Crippen LogP contribution in [0.5, 0.6) is 0 Å². The molecule has 0 aromatic carbocycles. The van der Waals surface area contributed by atoms with Crippen molar-refractivity contribution in [1.29, 1.82) is 0 Å². The first-order valence-electron chi connectivity index (χ1n) is 5.56. The summed E-state index contributed by atoms with van der Waals surface area (Å²) in [6.07, 6.45) is 6.64. The lowest BCUT2D eigenvalue weighted by Gasteiger charge is -2.31. The van der Waals surface area contributed by atoms with Crippen molar-refractivity contribution in [2.75, 3.05) is 13.1 Å². The third kappa shape index (κ3) is 3.22. The van der Waals surface area contributed by atoms with Crippen LogP contribution in [0.4, 0.5) is 0 Å². The number of allylic oxidation sites excluding steroid dienone is 1. The molecule has 0 bridgehead atoms. The zero-order valence-corrected chi connectivity index (χ0v) is 10.2. The Balaban J connectivity index is 2.62. The average Bonchev–Trinajstić information content (AvgIpc) is 2.17. The predicted octanol–water partition coefficient (Wildman–Crippen LogP) is 2.77. The Labute approximate surface area is 92.7 Å². The summed E-state index contributed by atoms with van der Waals surface area (Å²) in [6.45, 7) is 10.2. The normalized spacial score (nSPS) is 18.1. The number of amides is 1. The quantitative estimate of drug-likeness (QED) is 0.478. The van der Waals surface area contributed by atoms with Crippen LogP contribution >= 0.6 is 0 Å². The highest BCUT2D eigenvalue weighted by atomic mass is 16.2. The van der Waals surface area contributed by atoms with Gasteiger partial charge in [0.25, 0.3) is 0 Å². The summed E-state index contributed by atoms with van der Waals surface area (Å²) >= 11 is 0. The fourth-order valence-electron chi connectivity index (χ4n) is 1.80. The minimum Gasteiger partial charge on any atom is -0.335 e. The van der Waals surface area contributed by atoms with E-state index in [-0.39, 0.29) is 11.3 Å². The van der Waals surface area contributed by atoms with Crippen molar-refractivity contribution < 1.29 is 4.79 Å². The molecule has 1 heterocycles. The van der Waals surface area contributed by atoms with Gasteiger partial charge >= 0.3 is 0 Å². The molecule has 0 atom stereocenters. The maximum atomic E-state index is 11.6. The Bertz CT molecular complexity index is 294. The molecule has 0 aromatic heterocycles. The smallest absolute Gasteiger partial charge is 0.246 e. The van der Waals surface area contributed by atoms with Crippen LogP contribution in [0.15, 0.2) is 23.8 Å². The molecule has 0 aromatic rings. The van der Waals surface area contributed by atoms with Gasteiger partial charge < -0.3 is 4.90 Å². The molecule has 0 radical (unpaired) electrons. The number of carbonyl (C=O) groups is 1. The van der Waals surface area contributed by atoms with Gasteiger partial charge in [0, 0.05) is 13.1 Å². The van der Waals surface area contributed by atoms with E-state index in [1.54, 1.807) is 12.2 Å². The first-order valence-corrected chi connectivity index (χ1v) is 5.56. The van der Waals surface area contributed by atoms with Crippen LogP contribution in [0.1, 0.15) is 34.1 Å². The topological polar surface area (TPSA) is 20.3 Å². The molecule has 1 aliphatic rings. The van der Waals surface area contributed by atoms with Crippen LogP contribution in [0.25, 0.3) is 0 Å². The molecule has 0 aliphatic carbocycles. The van der Waals surface area contributed by atoms with E-state index in [1.165, 1.54) is 5.57 Å². The van der Waals surface area contributed by atoms with E-state index in [1.807, 2.05) is 11.8 Å². The van der Waals surface area contributed by atoms with E-state index >= 15 is 0 Å². The van der Waals surface area contributed by atoms with E-state index < -0.39 is 0 Å². The second-order valence-electron chi connectivity index (χ2n) is 5.01. The minimum atomic E-state index is 0.127. The van der Waals surface area contributed by atoms with Crippen LogP contribution in [0.3, 0.4) is 0 Å². The van der Waals surface area contributed by atoms with Crippen molar-refractivity contribution >= 4 is 5.91 Å². The van der Waals surface area contributed by atoms with Gasteiger partial charge in [0.1, 0.15) is 0 Å². The predicted molar refractivity (Wildman–Crippen MR) is 63.5 cm³/mol. The summed E-state index contributed by atoms with van der Waals surface area (Å²) in [5.41, 5.74) is 1.71. The van der Waals surface area contributed by atoms with Gasteiger partial charge in [-0.1, -0.05) is 38.5 Å². The van der Waals surface area contributed by atoms with E-state index in [0.717, 1.165) is 19.5 Å². The Morgan fingerprint density at radius 3 is 2.53 bits per heavy atom. The lowest BCUT2D eigenvalue weighted by Crippen LogP contribution is -2.35. The lowest BCUT2D eigenvalue weighted by molar-refractivity contribution is -0.125. The molecular weight excluding hydrogens is 186 g/mol.